The molecule has 0 fully saturated rings. The number of cyclic esters (lactones) is 1. The molecule has 3 aliphatic rings. The molecule has 0 radical (unpaired) electrons. The van der Waals surface area contributed by atoms with E-state index >= 15 is 0 Å². The van der Waals surface area contributed by atoms with Crippen LogP contribution in [0, 0.1) is 0 Å². The van der Waals surface area contributed by atoms with Gasteiger partial charge in [0.2, 0.25) is 6.79 Å². The van der Waals surface area contributed by atoms with Crippen molar-refractivity contribution in [2.24, 2.45) is 0 Å². The van der Waals surface area contributed by atoms with Crippen LogP contribution in [-0.2, 0) is 9.53 Å². The lowest BCUT2D eigenvalue weighted by molar-refractivity contribution is -0.145. The molecule has 5 nitrogen and oxygen atoms in total. The predicted molar refractivity (Wildman–Crippen MR) is 96.7 cm³/mol. The lowest BCUT2D eigenvalue weighted by atomic mass is 9.79. The third-order valence-electron chi connectivity index (χ3n) is 4.96. The van der Waals surface area contributed by atoms with Gasteiger partial charge in [-0.25, -0.2) is 4.79 Å². The molecule has 3 heterocycles. The van der Waals surface area contributed by atoms with Gasteiger partial charge in [0.05, 0.1) is 5.57 Å². The van der Waals surface area contributed by atoms with Crippen molar-refractivity contribution in [2.75, 3.05) is 12.1 Å². The van der Waals surface area contributed by atoms with E-state index in [0.717, 1.165) is 22.5 Å². The summed E-state index contributed by atoms with van der Waals surface area (Å²) in [6, 6.07) is 11.5. The van der Waals surface area contributed by atoms with Crippen molar-refractivity contribution in [1.29, 1.82) is 0 Å². The molecule has 6 heteroatoms. The summed E-state index contributed by atoms with van der Waals surface area (Å²) in [6.45, 7) is 2.10. The van der Waals surface area contributed by atoms with Gasteiger partial charge in [-0.05, 0) is 36.2 Å². The molecule has 0 aromatic heterocycles. The summed E-state index contributed by atoms with van der Waals surface area (Å²) in [5, 5.41) is 4.04. The van der Waals surface area contributed by atoms with E-state index in [0.29, 0.717) is 28.5 Å². The second kappa shape index (κ2) is 5.68. The van der Waals surface area contributed by atoms with Crippen molar-refractivity contribution >= 4 is 23.3 Å². The minimum absolute atomic E-state index is 0.163. The van der Waals surface area contributed by atoms with Crippen LogP contribution in [0.2, 0.25) is 5.02 Å². The number of carbonyl (C=O) groups is 1. The number of hydrogen-bond donors (Lipinski definition) is 1. The number of rotatable bonds is 1. The molecular formula is C20H16ClNO4. The Hall–Kier alpha value is -2.66. The van der Waals surface area contributed by atoms with E-state index in [1.165, 1.54) is 0 Å². The highest BCUT2D eigenvalue weighted by atomic mass is 35.5. The monoisotopic (exact) mass is 369 g/mol. The molecule has 2 aromatic carbocycles. The summed E-state index contributed by atoms with van der Waals surface area (Å²) in [6.07, 6.45) is 0.482. The Kier molecular flexibility index (Phi) is 3.40. The van der Waals surface area contributed by atoms with Gasteiger partial charge in [0, 0.05) is 34.8 Å². The Bertz CT molecular complexity index is 968. The van der Waals surface area contributed by atoms with E-state index in [2.05, 4.69) is 5.32 Å². The van der Waals surface area contributed by atoms with Crippen LogP contribution in [0.4, 0.5) is 5.69 Å². The zero-order valence-electron chi connectivity index (χ0n) is 14.0. The summed E-state index contributed by atoms with van der Waals surface area (Å²) >= 11 is 6.23. The molecule has 0 aliphatic carbocycles. The molecule has 0 bridgehead atoms. The number of fused-ring (bicyclic) bond motifs is 2. The molecular weight excluding hydrogens is 354 g/mol. The molecule has 0 amide bonds. The van der Waals surface area contributed by atoms with E-state index in [1.807, 2.05) is 43.3 Å². The van der Waals surface area contributed by atoms with Gasteiger partial charge in [0.15, 0.2) is 11.5 Å². The van der Waals surface area contributed by atoms with Gasteiger partial charge in [-0.2, -0.15) is 0 Å². The molecule has 3 aliphatic heterocycles. The van der Waals surface area contributed by atoms with E-state index < -0.39 is 0 Å². The first kappa shape index (κ1) is 15.6. The van der Waals surface area contributed by atoms with Crippen LogP contribution in [0.25, 0.3) is 0 Å². The van der Waals surface area contributed by atoms with Crippen LogP contribution in [0.1, 0.15) is 30.4 Å². The molecule has 0 saturated carbocycles. The molecule has 1 N–H and O–H groups in total. The van der Waals surface area contributed by atoms with E-state index in [-0.39, 0.29) is 24.8 Å². The maximum atomic E-state index is 12.7. The number of ether oxygens (including phenoxy) is 3. The van der Waals surface area contributed by atoms with Gasteiger partial charge in [0.1, 0.15) is 6.10 Å². The van der Waals surface area contributed by atoms with Crippen LogP contribution < -0.4 is 14.8 Å². The largest absolute Gasteiger partial charge is 0.459 e. The van der Waals surface area contributed by atoms with Crippen molar-refractivity contribution in [3.63, 3.8) is 0 Å². The van der Waals surface area contributed by atoms with Crippen molar-refractivity contribution in [3.05, 3.63) is 63.8 Å². The van der Waals surface area contributed by atoms with Gasteiger partial charge in [-0.3, -0.25) is 0 Å². The Balaban J connectivity index is 1.74. The van der Waals surface area contributed by atoms with Crippen LogP contribution >= 0.6 is 11.6 Å². The summed E-state index contributed by atoms with van der Waals surface area (Å²) in [7, 11) is 0. The van der Waals surface area contributed by atoms with Crippen LogP contribution in [-0.4, -0.2) is 18.9 Å². The van der Waals surface area contributed by atoms with Gasteiger partial charge >= 0.3 is 5.97 Å². The van der Waals surface area contributed by atoms with Crippen LogP contribution in [0.3, 0.4) is 0 Å². The third-order valence-corrected chi connectivity index (χ3v) is 5.19. The summed E-state index contributed by atoms with van der Waals surface area (Å²) in [5.74, 6) is 0.824. The Labute approximate surface area is 155 Å². The Morgan fingerprint density at radius 1 is 1.15 bits per heavy atom. The highest BCUT2D eigenvalue weighted by Crippen LogP contribution is 2.49. The van der Waals surface area contributed by atoms with E-state index in [9.17, 15) is 4.79 Å². The summed E-state index contributed by atoms with van der Waals surface area (Å²) in [4.78, 5) is 12.7. The van der Waals surface area contributed by atoms with Gasteiger partial charge in [-0.15, -0.1) is 0 Å². The predicted octanol–water partition coefficient (Wildman–Crippen LogP) is 4.22. The molecule has 0 spiro atoms. The first-order valence-corrected chi connectivity index (χ1v) is 8.88. The molecule has 0 saturated heterocycles. The lowest BCUT2D eigenvalue weighted by Gasteiger charge is -2.35. The Morgan fingerprint density at radius 3 is 2.77 bits per heavy atom. The fourth-order valence-electron chi connectivity index (χ4n) is 3.87. The van der Waals surface area contributed by atoms with Crippen molar-refractivity contribution in [1.82, 2.24) is 0 Å². The van der Waals surface area contributed by atoms with E-state index in [4.69, 9.17) is 25.8 Å². The maximum Gasteiger partial charge on any atom is 0.337 e. The van der Waals surface area contributed by atoms with Gasteiger partial charge in [-0.1, -0.05) is 23.7 Å². The fraction of sp³-hybridized carbons (Fsp3) is 0.250. The SMILES string of the molecule is CC1CC2=C(C(=O)O1)C(c1cccc(Cl)c1)c1cc3c(cc1N2)OCO3. The normalized spacial score (nSPS) is 23.1. The second-order valence-corrected chi connectivity index (χ2v) is 7.15. The number of benzene rings is 2. The first-order chi connectivity index (χ1) is 12.6. The van der Waals surface area contributed by atoms with Crippen molar-refractivity contribution in [3.8, 4) is 11.5 Å². The third kappa shape index (κ3) is 2.35. The lowest BCUT2D eigenvalue weighted by Crippen LogP contribution is -2.33. The quantitative estimate of drug-likeness (QED) is 0.763. The standard InChI is InChI=1S/C20H16ClNO4/c1-10-5-15-19(20(23)26-10)18(11-3-2-4-12(21)6-11)13-7-16-17(25-9-24-16)8-14(13)22-15/h2-4,6-8,10,18,22H,5,9H2,1H3. The molecule has 26 heavy (non-hydrogen) atoms. The minimum atomic E-state index is -0.292. The number of nitrogens with one attached hydrogen (secondary N) is 1. The molecule has 2 aromatic rings. The number of hydrogen-bond acceptors (Lipinski definition) is 5. The van der Waals surface area contributed by atoms with Crippen molar-refractivity contribution < 1.29 is 19.0 Å². The maximum absolute atomic E-state index is 12.7. The number of anilines is 1. The number of carbonyl (C=O) groups excluding carboxylic acids is 1. The highest BCUT2D eigenvalue weighted by Gasteiger charge is 2.39. The zero-order chi connectivity index (χ0) is 17.8. The molecule has 2 unspecified atom stereocenters. The average molecular weight is 370 g/mol. The Morgan fingerprint density at radius 2 is 1.96 bits per heavy atom. The first-order valence-electron chi connectivity index (χ1n) is 8.50. The van der Waals surface area contributed by atoms with Gasteiger partial charge < -0.3 is 19.5 Å². The van der Waals surface area contributed by atoms with Gasteiger partial charge in [0.25, 0.3) is 0 Å². The topological polar surface area (TPSA) is 56.8 Å². The minimum Gasteiger partial charge on any atom is -0.459 e. The fourth-order valence-corrected chi connectivity index (χ4v) is 4.07. The van der Waals surface area contributed by atoms with Crippen molar-refractivity contribution in [2.45, 2.75) is 25.4 Å². The zero-order valence-corrected chi connectivity index (χ0v) is 14.8. The molecule has 132 valence electrons. The highest BCUT2D eigenvalue weighted by molar-refractivity contribution is 6.30. The summed E-state index contributed by atoms with van der Waals surface area (Å²) < 4.78 is 16.6. The number of halogens is 1. The average Bonchev–Trinajstić information content (AvgIpc) is 3.05. The van der Waals surface area contributed by atoms with E-state index in [1.54, 1.807) is 0 Å². The van der Waals surface area contributed by atoms with Crippen LogP contribution in [0.5, 0.6) is 11.5 Å². The molecule has 2 atom stereocenters. The molecule has 5 rings (SSSR count). The smallest absolute Gasteiger partial charge is 0.337 e. The van der Waals surface area contributed by atoms with Crippen LogP contribution in [0.15, 0.2) is 47.7 Å². The second-order valence-electron chi connectivity index (χ2n) is 6.72. The summed E-state index contributed by atoms with van der Waals surface area (Å²) in [5.41, 5.74) is 4.33. The number of esters is 1.